The molecule has 3 aliphatic heterocycles. The summed E-state index contributed by atoms with van der Waals surface area (Å²) in [4.78, 5) is 15.9. The van der Waals surface area contributed by atoms with E-state index in [2.05, 4.69) is 19.9 Å². The zero-order chi connectivity index (χ0) is 16.0. The van der Waals surface area contributed by atoms with Gasteiger partial charge in [0.25, 0.3) is 0 Å². The fourth-order valence-electron chi connectivity index (χ4n) is 3.58. The van der Waals surface area contributed by atoms with E-state index in [1.54, 1.807) is 6.07 Å². The van der Waals surface area contributed by atoms with Gasteiger partial charge in [-0.3, -0.25) is 0 Å². The number of pyridine rings is 1. The van der Waals surface area contributed by atoms with Crippen LogP contribution in [0.5, 0.6) is 0 Å². The van der Waals surface area contributed by atoms with Crippen molar-refractivity contribution >= 4 is 11.5 Å². The lowest BCUT2D eigenvalue weighted by Gasteiger charge is -2.57. The van der Waals surface area contributed by atoms with E-state index in [0.717, 1.165) is 25.2 Å². The first-order valence-electron chi connectivity index (χ1n) is 7.81. The summed E-state index contributed by atoms with van der Waals surface area (Å²) >= 11 is 0. The number of halogens is 2. The summed E-state index contributed by atoms with van der Waals surface area (Å²) in [6.07, 6.45) is 4.46. The first kappa shape index (κ1) is 14.3. The van der Waals surface area contributed by atoms with E-state index in [1.807, 2.05) is 11.8 Å². The third kappa shape index (κ3) is 2.31. The molecular weight excluding hydrogens is 300 g/mol. The van der Waals surface area contributed by atoms with Crippen LogP contribution in [0.2, 0.25) is 0 Å². The molecule has 0 aliphatic carbocycles. The molecule has 5 nitrogen and oxygen atoms in total. The Hall–Kier alpha value is -2.31. The minimum Gasteiger partial charge on any atom is -0.367 e. The highest BCUT2D eigenvalue weighted by Crippen LogP contribution is 2.38. The third-order valence-corrected chi connectivity index (χ3v) is 4.69. The van der Waals surface area contributed by atoms with Crippen LogP contribution in [0.25, 0.3) is 0 Å². The normalized spacial score (nSPS) is 22.9. The fourth-order valence-corrected chi connectivity index (χ4v) is 3.58. The van der Waals surface area contributed by atoms with Crippen molar-refractivity contribution in [2.24, 2.45) is 0 Å². The van der Waals surface area contributed by atoms with E-state index < -0.39 is 5.95 Å². The molecule has 3 fully saturated rings. The maximum atomic E-state index is 14.5. The molecule has 7 heteroatoms. The summed E-state index contributed by atoms with van der Waals surface area (Å²) in [5.41, 5.74) is 1.28. The molecule has 0 aromatic carbocycles. The Morgan fingerprint density at radius 3 is 2.65 bits per heavy atom. The van der Waals surface area contributed by atoms with Crippen molar-refractivity contribution in [2.75, 3.05) is 22.9 Å². The van der Waals surface area contributed by atoms with Crippen molar-refractivity contribution in [3.8, 4) is 0 Å². The van der Waals surface area contributed by atoms with Crippen molar-refractivity contribution in [1.82, 2.24) is 15.0 Å². The molecule has 3 aliphatic rings. The van der Waals surface area contributed by atoms with Gasteiger partial charge < -0.3 is 9.80 Å². The number of piperazine rings is 1. The lowest BCUT2D eigenvalue weighted by atomic mass is 9.87. The van der Waals surface area contributed by atoms with Crippen LogP contribution in [0.1, 0.15) is 19.0 Å². The maximum Gasteiger partial charge on any atom is 0.214 e. The molecule has 2 unspecified atom stereocenters. The lowest BCUT2D eigenvalue weighted by Crippen LogP contribution is -2.69. The minimum absolute atomic E-state index is 0.194. The van der Waals surface area contributed by atoms with E-state index in [9.17, 15) is 8.78 Å². The van der Waals surface area contributed by atoms with Gasteiger partial charge in [-0.1, -0.05) is 6.92 Å². The third-order valence-electron chi connectivity index (χ3n) is 4.69. The van der Waals surface area contributed by atoms with Crippen LogP contribution in [-0.2, 0) is 6.42 Å². The average molecular weight is 317 g/mol. The van der Waals surface area contributed by atoms with Crippen LogP contribution in [0.15, 0.2) is 24.7 Å². The summed E-state index contributed by atoms with van der Waals surface area (Å²) in [7, 11) is 0. The number of anilines is 2. The molecule has 5 heterocycles. The van der Waals surface area contributed by atoms with Gasteiger partial charge in [0.2, 0.25) is 5.95 Å². The zero-order valence-corrected chi connectivity index (χ0v) is 12.8. The monoisotopic (exact) mass is 317 g/mol. The molecule has 0 amide bonds. The van der Waals surface area contributed by atoms with E-state index in [0.29, 0.717) is 17.9 Å². The predicted octanol–water partition coefficient (Wildman–Crippen LogP) is 2.18. The Kier molecular flexibility index (Phi) is 3.36. The standard InChI is InChI=1S/C16H17F2N5/c1-2-13-15(18)16(21-9-20-13)23-11-5-12(23)8-22(7-11)10-3-4-19-14(17)6-10/h3-4,6,9,11-12H,2,5,7-8H2,1H3. The highest BCUT2D eigenvalue weighted by Gasteiger charge is 2.46. The van der Waals surface area contributed by atoms with Gasteiger partial charge in [0, 0.05) is 31.0 Å². The van der Waals surface area contributed by atoms with Crippen LogP contribution in [0, 0.1) is 11.8 Å². The van der Waals surface area contributed by atoms with Gasteiger partial charge in [-0.25, -0.2) is 19.3 Å². The van der Waals surface area contributed by atoms with Gasteiger partial charge >= 0.3 is 0 Å². The van der Waals surface area contributed by atoms with E-state index in [4.69, 9.17) is 0 Å². The van der Waals surface area contributed by atoms with Gasteiger partial charge in [-0.05, 0) is 18.9 Å². The van der Waals surface area contributed by atoms with E-state index >= 15 is 0 Å². The van der Waals surface area contributed by atoms with Gasteiger partial charge in [0.1, 0.15) is 6.33 Å². The summed E-state index contributed by atoms with van der Waals surface area (Å²) in [6.45, 7) is 3.33. The summed E-state index contributed by atoms with van der Waals surface area (Å²) < 4.78 is 27.8. The van der Waals surface area contributed by atoms with Crippen LogP contribution < -0.4 is 9.80 Å². The Bertz CT molecular complexity index is 726. The van der Waals surface area contributed by atoms with Crippen molar-refractivity contribution < 1.29 is 8.78 Å². The molecule has 2 bridgehead atoms. The van der Waals surface area contributed by atoms with Crippen LogP contribution in [-0.4, -0.2) is 40.1 Å². The molecule has 0 N–H and O–H groups in total. The molecule has 0 spiro atoms. The van der Waals surface area contributed by atoms with Crippen molar-refractivity contribution in [2.45, 2.75) is 31.8 Å². The molecule has 2 aromatic rings. The second-order valence-corrected chi connectivity index (χ2v) is 6.00. The first-order valence-corrected chi connectivity index (χ1v) is 7.81. The number of rotatable bonds is 3. The predicted molar refractivity (Wildman–Crippen MR) is 82.4 cm³/mol. The molecule has 23 heavy (non-hydrogen) atoms. The number of nitrogens with zero attached hydrogens (tertiary/aromatic N) is 5. The fraction of sp³-hybridized carbons (Fsp3) is 0.438. The summed E-state index contributed by atoms with van der Waals surface area (Å²) in [5.74, 6) is -0.389. The Morgan fingerprint density at radius 2 is 1.96 bits per heavy atom. The summed E-state index contributed by atoms with van der Waals surface area (Å²) in [6, 6.07) is 3.63. The van der Waals surface area contributed by atoms with Gasteiger partial charge in [0.05, 0.1) is 17.8 Å². The largest absolute Gasteiger partial charge is 0.367 e. The Morgan fingerprint density at radius 1 is 1.17 bits per heavy atom. The molecule has 5 rings (SSSR count). The maximum absolute atomic E-state index is 14.5. The summed E-state index contributed by atoms with van der Waals surface area (Å²) in [5, 5.41) is 0. The molecule has 2 aromatic heterocycles. The second kappa shape index (κ2) is 5.40. The van der Waals surface area contributed by atoms with Crippen LogP contribution >= 0.6 is 0 Å². The molecule has 120 valence electrons. The average Bonchev–Trinajstić information content (AvgIpc) is 2.57. The van der Waals surface area contributed by atoms with E-state index in [1.165, 1.54) is 18.6 Å². The van der Waals surface area contributed by atoms with Crippen molar-refractivity contribution in [1.29, 1.82) is 0 Å². The Balaban J connectivity index is 1.56. The SMILES string of the molecule is CCc1ncnc(N2C3CC2CN(c2ccnc(F)c2)C3)c1F. The van der Waals surface area contributed by atoms with Crippen molar-refractivity contribution in [3.05, 3.63) is 42.1 Å². The molecule has 3 saturated heterocycles. The minimum atomic E-state index is -0.479. The lowest BCUT2D eigenvalue weighted by molar-refractivity contribution is 0.284. The topological polar surface area (TPSA) is 45.2 Å². The number of fused-ring (bicyclic) bond motifs is 2. The Labute approximate surface area is 133 Å². The van der Waals surface area contributed by atoms with Gasteiger partial charge in [-0.15, -0.1) is 0 Å². The molecular formula is C16H17F2N5. The zero-order valence-electron chi connectivity index (χ0n) is 12.8. The molecule has 0 saturated carbocycles. The van der Waals surface area contributed by atoms with Gasteiger partial charge in [0.15, 0.2) is 11.6 Å². The number of aromatic nitrogens is 3. The highest BCUT2D eigenvalue weighted by molar-refractivity contribution is 5.54. The van der Waals surface area contributed by atoms with Crippen LogP contribution in [0.4, 0.5) is 20.3 Å². The van der Waals surface area contributed by atoms with Gasteiger partial charge in [-0.2, -0.15) is 4.39 Å². The molecule has 0 radical (unpaired) electrons. The number of aryl methyl sites for hydroxylation is 1. The smallest absolute Gasteiger partial charge is 0.214 e. The second-order valence-electron chi connectivity index (χ2n) is 6.00. The number of hydrogen-bond acceptors (Lipinski definition) is 5. The molecule has 2 atom stereocenters. The number of piperidine rings is 1. The van der Waals surface area contributed by atoms with E-state index in [-0.39, 0.29) is 17.9 Å². The highest BCUT2D eigenvalue weighted by atomic mass is 19.1. The van der Waals surface area contributed by atoms with Crippen molar-refractivity contribution in [3.63, 3.8) is 0 Å². The first-order chi connectivity index (χ1) is 11.2. The quantitative estimate of drug-likeness (QED) is 0.812. The van der Waals surface area contributed by atoms with Crippen LogP contribution in [0.3, 0.4) is 0 Å². The number of hydrogen-bond donors (Lipinski definition) is 0.